The minimum absolute atomic E-state index is 0.695. The Morgan fingerprint density at radius 2 is 2.31 bits per heavy atom. The van der Waals surface area contributed by atoms with Gasteiger partial charge in [0.2, 0.25) is 0 Å². The zero-order chi connectivity index (χ0) is 8.84. The summed E-state index contributed by atoms with van der Waals surface area (Å²) in [6, 6.07) is 0.695. The molecule has 2 aromatic rings. The van der Waals surface area contributed by atoms with E-state index in [0.717, 1.165) is 5.65 Å². The molecule has 3 nitrogen and oxygen atoms in total. The number of halogens is 1. The summed E-state index contributed by atoms with van der Waals surface area (Å²) >= 11 is 2.34. The van der Waals surface area contributed by atoms with Gasteiger partial charge >= 0.3 is 0 Å². The van der Waals surface area contributed by atoms with E-state index >= 15 is 0 Å². The Balaban J connectivity index is 2.34. The summed E-state index contributed by atoms with van der Waals surface area (Å²) in [5.41, 5.74) is 1.09. The maximum absolute atomic E-state index is 4.31. The van der Waals surface area contributed by atoms with Crippen molar-refractivity contribution in [3.8, 4) is 0 Å². The fraction of sp³-hybridized carbons (Fsp3) is 0.333. The van der Waals surface area contributed by atoms with Gasteiger partial charge in [-0.2, -0.15) is 0 Å². The van der Waals surface area contributed by atoms with E-state index in [1.54, 1.807) is 6.33 Å². The zero-order valence-corrected chi connectivity index (χ0v) is 9.10. The highest BCUT2D eigenvalue weighted by Gasteiger charge is 2.25. The number of nitrogens with zero attached hydrogens (tertiary/aromatic N) is 3. The Labute approximate surface area is 89.3 Å². The largest absolute Gasteiger partial charge is 0.328 e. The lowest BCUT2D eigenvalue weighted by molar-refractivity contribution is 0.764. The lowest BCUT2D eigenvalue weighted by atomic mass is 10.4. The van der Waals surface area contributed by atoms with Crippen molar-refractivity contribution in [2.45, 2.75) is 18.9 Å². The van der Waals surface area contributed by atoms with Crippen molar-refractivity contribution in [3.63, 3.8) is 0 Å². The smallest absolute Gasteiger partial charge is 0.144 e. The van der Waals surface area contributed by atoms with Crippen LogP contribution in [0.2, 0.25) is 0 Å². The van der Waals surface area contributed by atoms with Gasteiger partial charge in [-0.1, -0.05) is 0 Å². The monoisotopic (exact) mass is 285 g/mol. The van der Waals surface area contributed by atoms with Gasteiger partial charge in [0.05, 0.1) is 5.39 Å². The second-order valence-electron chi connectivity index (χ2n) is 3.38. The fourth-order valence-electron chi connectivity index (χ4n) is 1.58. The topological polar surface area (TPSA) is 30.7 Å². The maximum Gasteiger partial charge on any atom is 0.144 e. The van der Waals surface area contributed by atoms with Crippen LogP contribution in [0.15, 0.2) is 18.7 Å². The number of aromatic nitrogens is 3. The van der Waals surface area contributed by atoms with E-state index in [-0.39, 0.29) is 0 Å². The van der Waals surface area contributed by atoms with Gasteiger partial charge in [-0.05, 0) is 35.4 Å². The lowest BCUT2D eigenvalue weighted by Crippen LogP contribution is -1.92. The van der Waals surface area contributed by atoms with Gasteiger partial charge in [-0.15, -0.1) is 0 Å². The first-order chi connectivity index (χ1) is 6.36. The molecule has 0 aromatic carbocycles. The predicted molar refractivity (Wildman–Crippen MR) is 58.5 cm³/mol. The Hall–Kier alpha value is -0.650. The summed E-state index contributed by atoms with van der Waals surface area (Å²) in [5, 5.41) is 1.18. The molecule has 1 aliphatic rings. The number of rotatable bonds is 1. The molecule has 1 aliphatic carbocycles. The molecule has 0 aliphatic heterocycles. The molecule has 0 unspecified atom stereocenters. The summed E-state index contributed by atoms with van der Waals surface area (Å²) in [6.07, 6.45) is 8.28. The Kier molecular flexibility index (Phi) is 1.59. The molecule has 0 amide bonds. The molecule has 0 N–H and O–H groups in total. The van der Waals surface area contributed by atoms with Crippen LogP contribution in [0.1, 0.15) is 18.9 Å². The van der Waals surface area contributed by atoms with Gasteiger partial charge in [0.25, 0.3) is 0 Å². The van der Waals surface area contributed by atoms with Gasteiger partial charge in [-0.25, -0.2) is 9.97 Å². The molecule has 2 heterocycles. The van der Waals surface area contributed by atoms with E-state index in [1.807, 2.05) is 6.20 Å². The summed E-state index contributed by atoms with van der Waals surface area (Å²) in [4.78, 5) is 8.35. The van der Waals surface area contributed by atoms with Crippen LogP contribution >= 0.6 is 22.6 Å². The second kappa shape index (κ2) is 2.67. The molecule has 0 atom stereocenters. The van der Waals surface area contributed by atoms with E-state index in [2.05, 4.69) is 43.3 Å². The summed E-state index contributed by atoms with van der Waals surface area (Å²) in [5.74, 6) is 0. The minimum Gasteiger partial charge on any atom is -0.328 e. The molecule has 13 heavy (non-hydrogen) atoms. The first-order valence-electron chi connectivity index (χ1n) is 4.32. The molecule has 66 valence electrons. The molecule has 3 rings (SSSR count). The van der Waals surface area contributed by atoms with Crippen LogP contribution in [-0.4, -0.2) is 14.5 Å². The highest BCUT2D eigenvalue weighted by Crippen LogP contribution is 2.38. The van der Waals surface area contributed by atoms with Crippen LogP contribution in [0.3, 0.4) is 0 Å². The molecular weight excluding hydrogens is 277 g/mol. The zero-order valence-electron chi connectivity index (χ0n) is 6.94. The molecule has 0 radical (unpaired) electrons. The van der Waals surface area contributed by atoms with Crippen molar-refractivity contribution < 1.29 is 0 Å². The van der Waals surface area contributed by atoms with Gasteiger partial charge in [-0.3, -0.25) is 0 Å². The van der Waals surface area contributed by atoms with Crippen molar-refractivity contribution in [1.29, 1.82) is 0 Å². The van der Waals surface area contributed by atoms with E-state index in [4.69, 9.17) is 0 Å². The Morgan fingerprint density at radius 1 is 1.46 bits per heavy atom. The van der Waals surface area contributed by atoms with Crippen LogP contribution < -0.4 is 0 Å². The predicted octanol–water partition coefficient (Wildman–Crippen LogP) is 2.37. The molecule has 0 bridgehead atoms. The highest BCUT2D eigenvalue weighted by molar-refractivity contribution is 14.1. The Morgan fingerprint density at radius 3 is 3.08 bits per heavy atom. The van der Waals surface area contributed by atoms with Gasteiger partial charge < -0.3 is 4.57 Å². The van der Waals surface area contributed by atoms with Crippen LogP contribution in [0.5, 0.6) is 0 Å². The minimum atomic E-state index is 0.695. The second-order valence-corrected chi connectivity index (χ2v) is 4.54. The van der Waals surface area contributed by atoms with Crippen LogP contribution in [0.25, 0.3) is 11.0 Å². The van der Waals surface area contributed by atoms with Gasteiger partial charge in [0, 0.05) is 22.0 Å². The molecule has 0 spiro atoms. The van der Waals surface area contributed by atoms with E-state index in [9.17, 15) is 0 Å². The Bertz CT molecular complexity index is 459. The van der Waals surface area contributed by atoms with Crippen LogP contribution in [0.4, 0.5) is 0 Å². The summed E-state index contributed by atoms with van der Waals surface area (Å²) < 4.78 is 3.53. The quantitative estimate of drug-likeness (QED) is 0.753. The normalized spacial score (nSPS) is 16.7. The SMILES string of the molecule is Ic1cn(C2CC2)c2ncncc12. The van der Waals surface area contributed by atoms with Crippen LogP contribution in [0, 0.1) is 3.57 Å². The first kappa shape index (κ1) is 7.73. The fourth-order valence-corrected chi connectivity index (χ4v) is 2.26. The molecule has 2 aromatic heterocycles. The average Bonchev–Trinajstić information content (AvgIpc) is 2.94. The summed E-state index contributed by atoms with van der Waals surface area (Å²) in [6.45, 7) is 0. The van der Waals surface area contributed by atoms with Gasteiger partial charge in [0.1, 0.15) is 12.0 Å². The van der Waals surface area contributed by atoms with Crippen molar-refractivity contribution in [2.24, 2.45) is 0 Å². The molecule has 1 saturated carbocycles. The van der Waals surface area contributed by atoms with Crippen molar-refractivity contribution in [1.82, 2.24) is 14.5 Å². The van der Waals surface area contributed by atoms with E-state index in [1.165, 1.54) is 21.8 Å². The molecule has 1 fully saturated rings. The summed E-state index contributed by atoms with van der Waals surface area (Å²) in [7, 11) is 0. The third kappa shape index (κ3) is 1.15. The molecule has 0 saturated heterocycles. The lowest BCUT2D eigenvalue weighted by Gasteiger charge is -1.98. The van der Waals surface area contributed by atoms with E-state index < -0.39 is 0 Å². The molecular formula is C9H8IN3. The van der Waals surface area contributed by atoms with Crippen molar-refractivity contribution >= 4 is 33.6 Å². The van der Waals surface area contributed by atoms with Gasteiger partial charge in [0.15, 0.2) is 0 Å². The van der Waals surface area contributed by atoms with E-state index in [0.29, 0.717) is 6.04 Å². The van der Waals surface area contributed by atoms with Crippen LogP contribution in [-0.2, 0) is 0 Å². The average molecular weight is 285 g/mol. The highest BCUT2D eigenvalue weighted by atomic mass is 127. The standard InChI is InChI=1S/C9H8IN3/c10-8-4-13(6-1-2-6)9-7(8)3-11-5-12-9/h3-6H,1-2H2. The third-order valence-corrected chi connectivity index (χ3v) is 3.25. The third-order valence-electron chi connectivity index (χ3n) is 2.39. The number of fused-ring (bicyclic) bond motifs is 1. The van der Waals surface area contributed by atoms with Crippen molar-refractivity contribution in [3.05, 3.63) is 22.3 Å². The number of hydrogen-bond acceptors (Lipinski definition) is 2. The molecule has 4 heteroatoms. The maximum atomic E-state index is 4.31. The first-order valence-corrected chi connectivity index (χ1v) is 5.40. The number of hydrogen-bond donors (Lipinski definition) is 0. The van der Waals surface area contributed by atoms with Crippen molar-refractivity contribution in [2.75, 3.05) is 0 Å².